The first-order valence-electron chi connectivity index (χ1n) is 9.23. The van der Waals surface area contributed by atoms with Gasteiger partial charge in [-0.3, -0.25) is 4.98 Å². The fraction of sp³-hybridized carbons (Fsp3) is 0.400. The molecule has 0 unspecified atom stereocenters. The minimum Gasteiger partial charge on any atom is -0.494 e. The number of aryl methyl sites for hydroxylation is 2. The molecule has 3 rings (SSSR count). The summed E-state index contributed by atoms with van der Waals surface area (Å²) in [5, 5.41) is 9.48. The van der Waals surface area contributed by atoms with Gasteiger partial charge in [0.2, 0.25) is 10.0 Å². The van der Waals surface area contributed by atoms with Crippen molar-refractivity contribution in [3.05, 3.63) is 47.3 Å². The summed E-state index contributed by atoms with van der Waals surface area (Å²) in [6.07, 6.45) is 0. The normalized spacial score (nSPS) is 15.3. The van der Waals surface area contributed by atoms with Crippen LogP contribution in [0.2, 0.25) is 0 Å². The Kier molecular flexibility index (Phi) is 5.87. The zero-order chi connectivity index (χ0) is 20.3. The van der Waals surface area contributed by atoms with Crippen molar-refractivity contribution in [2.24, 2.45) is 0 Å². The summed E-state index contributed by atoms with van der Waals surface area (Å²) >= 11 is 0. The Morgan fingerprint density at radius 2 is 1.79 bits per heavy atom. The molecule has 1 aliphatic rings. The summed E-state index contributed by atoms with van der Waals surface area (Å²) in [6.45, 7) is 7.90. The molecule has 0 bridgehead atoms. The number of sulfonamides is 1. The lowest BCUT2D eigenvalue weighted by molar-refractivity contribution is 0.340. The van der Waals surface area contributed by atoms with Crippen molar-refractivity contribution >= 4 is 15.7 Å². The molecule has 1 fully saturated rings. The molecule has 8 heteroatoms. The third-order valence-corrected chi connectivity index (χ3v) is 6.68. The van der Waals surface area contributed by atoms with Crippen molar-refractivity contribution in [1.29, 1.82) is 5.26 Å². The maximum Gasteiger partial charge on any atom is 0.243 e. The monoisotopic (exact) mass is 400 g/mol. The van der Waals surface area contributed by atoms with E-state index in [1.54, 1.807) is 24.3 Å². The molecule has 7 nitrogen and oxygen atoms in total. The number of piperazine rings is 1. The molecule has 1 aromatic heterocycles. The molecule has 0 saturated carbocycles. The lowest BCUT2D eigenvalue weighted by Crippen LogP contribution is -2.49. The molecule has 28 heavy (non-hydrogen) atoms. The number of anilines is 1. The van der Waals surface area contributed by atoms with E-state index in [1.807, 2.05) is 26.8 Å². The maximum absolute atomic E-state index is 12.9. The Labute approximate surface area is 166 Å². The molecule has 0 aliphatic carbocycles. The summed E-state index contributed by atoms with van der Waals surface area (Å²) in [5.41, 5.74) is 2.91. The zero-order valence-electron chi connectivity index (χ0n) is 16.3. The van der Waals surface area contributed by atoms with Crippen molar-refractivity contribution in [2.75, 3.05) is 37.7 Å². The SMILES string of the molecule is CCOc1ccc(S(=O)(=O)N2CCN(c3cc(C)nc(C)c3C#N)CC2)cc1. The van der Waals surface area contributed by atoms with Crippen LogP contribution < -0.4 is 9.64 Å². The van der Waals surface area contributed by atoms with Crippen molar-refractivity contribution < 1.29 is 13.2 Å². The van der Waals surface area contributed by atoms with E-state index in [2.05, 4.69) is 16.0 Å². The second kappa shape index (κ2) is 8.17. The number of hydrogen-bond acceptors (Lipinski definition) is 6. The minimum atomic E-state index is -3.56. The number of nitriles is 1. The Balaban J connectivity index is 1.76. The molecule has 0 spiro atoms. The Bertz CT molecular complexity index is 989. The standard InChI is InChI=1S/C20H24N4O3S/c1-4-27-17-5-7-18(8-6-17)28(25,26)24-11-9-23(10-12-24)20-13-15(2)22-16(3)19(20)14-21/h5-8,13H,4,9-12H2,1-3H3. The highest BCUT2D eigenvalue weighted by atomic mass is 32.2. The number of ether oxygens (including phenoxy) is 1. The number of benzene rings is 1. The number of pyridine rings is 1. The van der Waals surface area contributed by atoms with Crippen molar-refractivity contribution in [1.82, 2.24) is 9.29 Å². The van der Waals surface area contributed by atoms with E-state index in [0.717, 1.165) is 11.4 Å². The van der Waals surface area contributed by atoms with E-state index in [4.69, 9.17) is 4.74 Å². The van der Waals surface area contributed by atoms with Crippen LogP contribution in [-0.2, 0) is 10.0 Å². The van der Waals surface area contributed by atoms with Crippen molar-refractivity contribution in [2.45, 2.75) is 25.7 Å². The van der Waals surface area contributed by atoms with Gasteiger partial charge in [-0.05, 0) is 51.1 Å². The summed E-state index contributed by atoms with van der Waals surface area (Å²) in [7, 11) is -3.56. The molecule has 0 atom stereocenters. The molecular weight excluding hydrogens is 376 g/mol. The third-order valence-electron chi connectivity index (χ3n) is 4.77. The number of rotatable bonds is 5. The third kappa shape index (κ3) is 3.96. The number of aromatic nitrogens is 1. The summed E-state index contributed by atoms with van der Waals surface area (Å²) in [5.74, 6) is 0.652. The zero-order valence-corrected chi connectivity index (χ0v) is 17.2. The molecule has 0 amide bonds. The lowest BCUT2D eigenvalue weighted by Gasteiger charge is -2.36. The molecule has 1 saturated heterocycles. The van der Waals surface area contributed by atoms with Crippen LogP contribution in [0.15, 0.2) is 35.2 Å². The number of hydrogen-bond donors (Lipinski definition) is 0. The minimum absolute atomic E-state index is 0.262. The van der Waals surface area contributed by atoms with E-state index in [9.17, 15) is 13.7 Å². The molecule has 0 radical (unpaired) electrons. The fourth-order valence-electron chi connectivity index (χ4n) is 3.39. The van der Waals surface area contributed by atoms with Gasteiger partial charge in [-0.15, -0.1) is 0 Å². The highest BCUT2D eigenvalue weighted by Gasteiger charge is 2.29. The van der Waals surface area contributed by atoms with E-state index >= 15 is 0 Å². The molecule has 2 heterocycles. The van der Waals surface area contributed by atoms with Gasteiger partial charge in [-0.25, -0.2) is 8.42 Å². The van der Waals surface area contributed by atoms with Gasteiger partial charge in [0, 0.05) is 31.9 Å². The van der Waals surface area contributed by atoms with Crippen LogP contribution in [0.4, 0.5) is 5.69 Å². The fourth-order valence-corrected chi connectivity index (χ4v) is 4.81. The average molecular weight is 401 g/mol. The Morgan fingerprint density at radius 1 is 1.14 bits per heavy atom. The van der Waals surface area contributed by atoms with Crippen LogP contribution in [0.3, 0.4) is 0 Å². The van der Waals surface area contributed by atoms with Gasteiger partial charge in [0.15, 0.2) is 0 Å². The van der Waals surface area contributed by atoms with E-state index in [1.165, 1.54) is 4.31 Å². The van der Waals surface area contributed by atoms with Gasteiger partial charge in [0.1, 0.15) is 11.8 Å². The quantitative estimate of drug-likeness (QED) is 0.766. The van der Waals surface area contributed by atoms with Gasteiger partial charge >= 0.3 is 0 Å². The smallest absolute Gasteiger partial charge is 0.243 e. The molecule has 2 aromatic rings. The average Bonchev–Trinajstić information content (AvgIpc) is 2.68. The van der Waals surface area contributed by atoms with Crippen molar-refractivity contribution in [3.63, 3.8) is 0 Å². The molecular formula is C20H24N4O3S. The first-order chi connectivity index (χ1) is 13.4. The molecule has 148 valence electrons. The predicted octanol–water partition coefficient (Wildman–Crippen LogP) is 2.48. The maximum atomic E-state index is 12.9. The summed E-state index contributed by atoms with van der Waals surface area (Å²) < 4.78 is 32.7. The Morgan fingerprint density at radius 3 is 2.36 bits per heavy atom. The summed E-state index contributed by atoms with van der Waals surface area (Å²) in [6, 6.07) is 10.6. The van der Waals surface area contributed by atoms with Crippen LogP contribution >= 0.6 is 0 Å². The first kappa shape index (κ1) is 20.1. The van der Waals surface area contributed by atoms with Gasteiger partial charge in [0.25, 0.3) is 0 Å². The van der Waals surface area contributed by atoms with Gasteiger partial charge in [0.05, 0.1) is 28.4 Å². The molecule has 1 aromatic carbocycles. The van der Waals surface area contributed by atoms with Crippen LogP contribution in [0.25, 0.3) is 0 Å². The van der Waals surface area contributed by atoms with Crippen LogP contribution in [-0.4, -0.2) is 50.5 Å². The van der Waals surface area contributed by atoms with Gasteiger partial charge in [-0.2, -0.15) is 9.57 Å². The second-order valence-electron chi connectivity index (χ2n) is 6.65. The van der Waals surface area contributed by atoms with Gasteiger partial charge in [-0.1, -0.05) is 0 Å². The highest BCUT2D eigenvalue weighted by Crippen LogP contribution is 2.26. The summed E-state index contributed by atoms with van der Waals surface area (Å²) in [4.78, 5) is 6.67. The van der Waals surface area contributed by atoms with E-state index in [0.29, 0.717) is 49.8 Å². The van der Waals surface area contributed by atoms with E-state index in [-0.39, 0.29) is 4.90 Å². The largest absolute Gasteiger partial charge is 0.494 e. The molecule has 1 aliphatic heterocycles. The first-order valence-corrected chi connectivity index (χ1v) is 10.7. The predicted molar refractivity (Wildman–Crippen MR) is 107 cm³/mol. The number of nitrogens with zero attached hydrogens (tertiary/aromatic N) is 4. The molecule has 0 N–H and O–H groups in total. The second-order valence-corrected chi connectivity index (χ2v) is 8.59. The van der Waals surface area contributed by atoms with Crippen LogP contribution in [0, 0.1) is 25.2 Å². The van der Waals surface area contributed by atoms with Crippen LogP contribution in [0.1, 0.15) is 23.9 Å². The Hall–Kier alpha value is -2.63. The van der Waals surface area contributed by atoms with Crippen LogP contribution in [0.5, 0.6) is 5.75 Å². The van der Waals surface area contributed by atoms with E-state index < -0.39 is 10.0 Å². The topological polar surface area (TPSA) is 86.5 Å². The lowest BCUT2D eigenvalue weighted by atomic mass is 10.1. The van der Waals surface area contributed by atoms with Crippen molar-refractivity contribution in [3.8, 4) is 11.8 Å². The highest BCUT2D eigenvalue weighted by molar-refractivity contribution is 7.89. The van der Waals surface area contributed by atoms with Gasteiger partial charge < -0.3 is 9.64 Å².